The van der Waals surface area contributed by atoms with Gasteiger partial charge >= 0.3 is 11.8 Å². The summed E-state index contributed by atoms with van der Waals surface area (Å²) in [5.41, 5.74) is 0. The number of rotatable bonds is 4. The molecule has 2 amide bonds. The maximum atomic E-state index is 12.5. The smallest absolute Gasteiger partial charge is 0.309 e. The Morgan fingerprint density at radius 3 is 2.57 bits per heavy atom. The van der Waals surface area contributed by atoms with Gasteiger partial charge in [-0.05, 0) is 30.9 Å². The molecule has 2 rings (SSSR count). The van der Waals surface area contributed by atoms with E-state index in [4.69, 9.17) is 0 Å². The number of likely N-dealkylation sites (N-methyl/N-ethyl adjacent to an activating group) is 1. The molecule has 0 saturated carbocycles. The molecule has 2 N–H and O–H groups in total. The minimum Gasteiger partial charge on any atom is -0.351 e. The lowest BCUT2D eigenvalue weighted by atomic mass is 9.98. The van der Waals surface area contributed by atoms with Crippen LogP contribution in [0.2, 0.25) is 0 Å². The van der Waals surface area contributed by atoms with E-state index in [0.29, 0.717) is 32.5 Å². The van der Waals surface area contributed by atoms with Gasteiger partial charge in [-0.3, -0.25) is 14.6 Å². The van der Waals surface area contributed by atoms with Gasteiger partial charge < -0.3 is 10.6 Å². The molecule has 2 heterocycles. The molecule has 0 atom stereocenters. The molecule has 1 aromatic heterocycles. The Balaban J connectivity index is 1.87. The van der Waals surface area contributed by atoms with E-state index < -0.39 is 21.8 Å². The second-order valence-electron chi connectivity index (χ2n) is 5.33. The van der Waals surface area contributed by atoms with E-state index in [1.54, 1.807) is 6.07 Å². The van der Waals surface area contributed by atoms with Gasteiger partial charge in [0, 0.05) is 39.1 Å². The first-order valence-corrected chi connectivity index (χ1v) is 8.79. The molecular weight excluding hydrogens is 320 g/mol. The highest BCUT2D eigenvalue weighted by Crippen LogP contribution is 2.22. The van der Waals surface area contributed by atoms with Crippen molar-refractivity contribution in [1.82, 2.24) is 19.9 Å². The Morgan fingerprint density at radius 2 is 2.00 bits per heavy atom. The van der Waals surface area contributed by atoms with Crippen molar-refractivity contribution in [2.24, 2.45) is 5.92 Å². The van der Waals surface area contributed by atoms with Crippen molar-refractivity contribution in [1.29, 1.82) is 0 Å². The molecule has 8 nitrogen and oxygen atoms in total. The number of amides is 2. The molecule has 1 fully saturated rings. The van der Waals surface area contributed by atoms with Gasteiger partial charge in [0.05, 0.1) is 0 Å². The van der Waals surface area contributed by atoms with Crippen molar-refractivity contribution in [3.8, 4) is 0 Å². The molecule has 126 valence electrons. The number of hydrogen-bond donors (Lipinski definition) is 2. The van der Waals surface area contributed by atoms with Crippen LogP contribution in [0.1, 0.15) is 12.8 Å². The van der Waals surface area contributed by atoms with Crippen LogP contribution in [0.3, 0.4) is 0 Å². The number of piperidine rings is 1. The maximum Gasteiger partial charge on any atom is 0.309 e. The number of sulfonamides is 1. The molecule has 0 radical (unpaired) electrons. The molecule has 0 aromatic carbocycles. The third-order valence-corrected chi connectivity index (χ3v) is 5.71. The van der Waals surface area contributed by atoms with E-state index in [9.17, 15) is 18.0 Å². The second kappa shape index (κ2) is 7.51. The van der Waals surface area contributed by atoms with Crippen LogP contribution in [0.25, 0.3) is 0 Å². The zero-order valence-electron chi connectivity index (χ0n) is 12.9. The van der Waals surface area contributed by atoms with E-state index in [0.717, 1.165) is 0 Å². The first-order chi connectivity index (χ1) is 10.9. The van der Waals surface area contributed by atoms with Gasteiger partial charge in [0.1, 0.15) is 4.90 Å². The topological polar surface area (TPSA) is 108 Å². The summed E-state index contributed by atoms with van der Waals surface area (Å²) in [7, 11) is -2.12. The van der Waals surface area contributed by atoms with Crippen LogP contribution < -0.4 is 10.6 Å². The minimum absolute atomic E-state index is 0.156. The van der Waals surface area contributed by atoms with E-state index in [2.05, 4.69) is 15.6 Å². The van der Waals surface area contributed by atoms with Crippen LogP contribution >= 0.6 is 0 Å². The number of carbonyl (C=O) groups is 2. The van der Waals surface area contributed by atoms with Gasteiger partial charge in [-0.2, -0.15) is 4.31 Å². The molecule has 1 saturated heterocycles. The Morgan fingerprint density at radius 1 is 1.30 bits per heavy atom. The summed E-state index contributed by atoms with van der Waals surface area (Å²) >= 11 is 0. The minimum atomic E-state index is -3.51. The Labute approximate surface area is 135 Å². The van der Waals surface area contributed by atoms with Crippen LogP contribution in [0, 0.1) is 5.92 Å². The van der Waals surface area contributed by atoms with Crippen molar-refractivity contribution in [2.75, 3.05) is 26.7 Å². The first-order valence-electron chi connectivity index (χ1n) is 7.35. The SMILES string of the molecule is CNC(=O)C(=O)NCC1CCN(S(=O)(=O)c2cccnc2)CC1. The molecule has 1 aliphatic heterocycles. The van der Waals surface area contributed by atoms with Crippen molar-refractivity contribution in [3.05, 3.63) is 24.5 Å². The van der Waals surface area contributed by atoms with Crippen LogP contribution in [0.5, 0.6) is 0 Å². The van der Waals surface area contributed by atoms with Gasteiger partial charge in [-0.25, -0.2) is 8.42 Å². The van der Waals surface area contributed by atoms with Gasteiger partial charge in [-0.15, -0.1) is 0 Å². The van der Waals surface area contributed by atoms with Crippen molar-refractivity contribution in [3.63, 3.8) is 0 Å². The lowest BCUT2D eigenvalue weighted by Gasteiger charge is -2.31. The Bertz CT molecular complexity index is 655. The predicted octanol–water partition coefficient (Wildman–Crippen LogP) is -0.655. The fourth-order valence-corrected chi connectivity index (χ4v) is 3.87. The lowest BCUT2D eigenvalue weighted by molar-refractivity contribution is -0.139. The van der Waals surface area contributed by atoms with Crippen LogP contribution in [-0.2, 0) is 19.6 Å². The molecule has 1 aliphatic rings. The Hall–Kier alpha value is -2.00. The quantitative estimate of drug-likeness (QED) is 0.708. The molecule has 0 spiro atoms. The molecule has 23 heavy (non-hydrogen) atoms. The van der Waals surface area contributed by atoms with Gasteiger partial charge in [0.15, 0.2) is 0 Å². The zero-order valence-corrected chi connectivity index (χ0v) is 13.7. The molecule has 0 unspecified atom stereocenters. The second-order valence-corrected chi connectivity index (χ2v) is 7.26. The average molecular weight is 340 g/mol. The fourth-order valence-electron chi connectivity index (χ4n) is 2.43. The number of pyridine rings is 1. The molecule has 0 aliphatic carbocycles. The number of aromatic nitrogens is 1. The van der Waals surface area contributed by atoms with E-state index >= 15 is 0 Å². The monoisotopic (exact) mass is 340 g/mol. The average Bonchev–Trinajstić information content (AvgIpc) is 2.60. The predicted molar refractivity (Wildman–Crippen MR) is 82.8 cm³/mol. The van der Waals surface area contributed by atoms with Crippen molar-refractivity contribution < 1.29 is 18.0 Å². The van der Waals surface area contributed by atoms with E-state index in [-0.39, 0.29) is 10.8 Å². The van der Waals surface area contributed by atoms with Crippen LogP contribution in [0.15, 0.2) is 29.4 Å². The summed E-state index contributed by atoms with van der Waals surface area (Å²) in [6.07, 6.45) is 4.13. The summed E-state index contributed by atoms with van der Waals surface area (Å²) in [6.45, 7) is 1.14. The van der Waals surface area contributed by atoms with Crippen molar-refractivity contribution in [2.45, 2.75) is 17.7 Å². The number of hydrogen-bond acceptors (Lipinski definition) is 5. The highest BCUT2D eigenvalue weighted by Gasteiger charge is 2.29. The Kier molecular flexibility index (Phi) is 5.67. The summed E-state index contributed by atoms with van der Waals surface area (Å²) < 4.78 is 26.3. The number of carbonyl (C=O) groups excluding carboxylic acids is 2. The lowest BCUT2D eigenvalue weighted by Crippen LogP contribution is -2.44. The fraction of sp³-hybridized carbons (Fsp3) is 0.500. The third-order valence-electron chi connectivity index (χ3n) is 3.83. The van der Waals surface area contributed by atoms with Crippen LogP contribution in [0.4, 0.5) is 0 Å². The summed E-state index contributed by atoms with van der Waals surface area (Å²) in [6, 6.07) is 3.12. The van der Waals surface area contributed by atoms with Gasteiger partial charge in [-0.1, -0.05) is 0 Å². The van der Waals surface area contributed by atoms with Crippen LogP contribution in [-0.4, -0.2) is 56.2 Å². The molecule has 0 bridgehead atoms. The highest BCUT2D eigenvalue weighted by atomic mass is 32.2. The standard InChI is InChI=1S/C14H20N4O4S/c1-15-13(19)14(20)17-9-11-4-7-18(8-5-11)23(21,22)12-3-2-6-16-10-12/h2-3,6,10-11H,4-5,7-9H2,1H3,(H,15,19)(H,17,20). The first kappa shape index (κ1) is 17.4. The summed E-state index contributed by atoms with van der Waals surface area (Å²) in [5.74, 6) is -1.19. The zero-order chi connectivity index (χ0) is 16.9. The number of nitrogens with one attached hydrogen (secondary N) is 2. The highest BCUT2D eigenvalue weighted by molar-refractivity contribution is 7.89. The van der Waals surface area contributed by atoms with Crippen molar-refractivity contribution >= 4 is 21.8 Å². The summed E-state index contributed by atoms with van der Waals surface area (Å²) in [4.78, 5) is 26.5. The number of nitrogens with zero attached hydrogens (tertiary/aromatic N) is 2. The summed E-state index contributed by atoms with van der Waals surface area (Å²) in [5, 5.41) is 4.81. The van der Waals surface area contributed by atoms with Gasteiger partial charge in [0.2, 0.25) is 10.0 Å². The largest absolute Gasteiger partial charge is 0.351 e. The van der Waals surface area contributed by atoms with Gasteiger partial charge in [0.25, 0.3) is 0 Å². The normalized spacial score (nSPS) is 16.7. The molecule has 1 aromatic rings. The maximum absolute atomic E-state index is 12.5. The third kappa shape index (κ3) is 4.26. The van der Waals surface area contributed by atoms with E-state index in [1.807, 2.05) is 0 Å². The van der Waals surface area contributed by atoms with E-state index in [1.165, 1.54) is 29.8 Å². The molecule has 9 heteroatoms. The molecular formula is C14H20N4O4S.